The number of cyclic esters (lactones) is 1. The molecule has 4 N–H and O–H groups in total. The Balaban J connectivity index is 1.17. The number of aliphatic imine (C=N–C) groups is 1. The van der Waals surface area contributed by atoms with E-state index in [0.717, 1.165) is 30.6 Å². The number of carbonyl (C=O) groups is 1. The molecule has 44 heavy (non-hydrogen) atoms. The van der Waals surface area contributed by atoms with Crippen LogP contribution in [0.1, 0.15) is 83.8 Å². The number of nitrogens with zero attached hydrogens (tertiary/aromatic N) is 1. The van der Waals surface area contributed by atoms with Gasteiger partial charge in [0.05, 0.1) is 42.3 Å². The van der Waals surface area contributed by atoms with Crippen LogP contribution in [0, 0.1) is 28.6 Å². The van der Waals surface area contributed by atoms with Crippen molar-refractivity contribution in [3.8, 4) is 0 Å². The van der Waals surface area contributed by atoms with Gasteiger partial charge in [-0.25, -0.2) is 4.79 Å². The lowest BCUT2D eigenvalue weighted by Crippen LogP contribution is -2.69. The van der Waals surface area contributed by atoms with Crippen LogP contribution in [0.2, 0.25) is 0 Å². The molecule has 4 saturated carbocycles. The van der Waals surface area contributed by atoms with Crippen molar-refractivity contribution in [2.24, 2.45) is 33.6 Å². The Morgan fingerprint density at radius 1 is 1.09 bits per heavy atom. The van der Waals surface area contributed by atoms with Crippen molar-refractivity contribution in [2.75, 3.05) is 6.61 Å². The molecule has 0 radical (unpaired) electrons. The van der Waals surface area contributed by atoms with E-state index in [1.807, 2.05) is 18.3 Å². The van der Waals surface area contributed by atoms with Gasteiger partial charge < -0.3 is 39.1 Å². The molecular formula is C34H47NO9. The molecule has 0 aromatic carbocycles. The predicted octanol–water partition coefficient (Wildman–Crippen LogP) is 3.44. The third kappa shape index (κ3) is 4.66. The van der Waals surface area contributed by atoms with Crippen molar-refractivity contribution < 1.29 is 43.8 Å². The van der Waals surface area contributed by atoms with Crippen LogP contribution in [-0.2, 0) is 25.5 Å². The molecule has 0 unspecified atom stereocenters. The molecule has 7 rings (SSSR count). The highest BCUT2D eigenvalue weighted by molar-refractivity contribution is 5.85. The molecule has 6 aliphatic rings. The van der Waals surface area contributed by atoms with Gasteiger partial charge in [-0.15, -0.1) is 0 Å². The number of ether oxygens (including phenoxy) is 3. The summed E-state index contributed by atoms with van der Waals surface area (Å²) in [7, 11) is 0. The average molecular weight is 614 g/mol. The first-order valence-electron chi connectivity index (χ1n) is 16.5. The summed E-state index contributed by atoms with van der Waals surface area (Å²) < 4.78 is 23.0. The van der Waals surface area contributed by atoms with Crippen LogP contribution in [0.25, 0.3) is 0 Å². The molecule has 0 amide bonds. The minimum absolute atomic E-state index is 0.0168. The van der Waals surface area contributed by atoms with E-state index in [1.165, 1.54) is 0 Å². The van der Waals surface area contributed by atoms with E-state index in [9.17, 15) is 25.2 Å². The van der Waals surface area contributed by atoms with Crippen LogP contribution in [-0.4, -0.2) is 81.1 Å². The second kappa shape index (κ2) is 11.0. The molecule has 1 aromatic heterocycles. The zero-order valence-electron chi connectivity index (χ0n) is 25.8. The van der Waals surface area contributed by atoms with Gasteiger partial charge in [0.15, 0.2) is 6.29 Å². The summed E-state index contributed by atoms with van der Waals surface area (Å²) in [5, 5.41) is 45.8. The molecule has 5 fully saturated rings. The highest BCUT2D eigenvalue weighted by Gasteiger charge is 2.71. The summed E-state index contributed by atoms with van der Waals surface area (Å²) in [5.41, 5.74) is -2.05. The van der Waals surface area contributed by atoms with E-state index in [4.69, 9.17) is 23.6 Å². The van der Waals surface area contributed by atoms with Crippen LogP contribution in [0.4, 0.5) is 0 Å². The first-order valence-corrected chi connectivity index (χ1v) is 16.5. The zero-order valence-corrected chi connectivity index (χ0v) is 25.8. The van der Waals surface area contributed by atoms with E-state index >= 15 is 0 Å². The fourth-order valence-electron chi connectivity index (χ4n) is 10.5. The molecule has 4 aliphatic carbocycles. The molecule has 1 aromatic rings. The molecule has 0 bridgehead atoms. The largest absolute Gasteiger partial charge is 0.467 e. The third-order valence-electron chi connectivity index (χ3n) is 12.8. The second-order valence-corrected chi connectivity index (χ2v) is 14.7. The average Bonchev–Trinajstić information content (AvgIpc) is 3.71. The number of esters is 1. The lowest BCUT2D eigenvalue weighted by atomic mass is 9.41. The maximum absolute atomic E-state index is 12.7. The van der Waals surface area contributed by atoms with Gasteiger partial charge in [0.1, 0.15) is 18.5 Å². The minimum Gasteiger partial charge on any atom is -0.467 e. The van der Waals surface area contributed by atoms with Crippen LogP contribution < -0.4 is 0 Å². The Hall–Kier alpha value is -2.08. The van der Waals surface area contributed by atoms with E-state index in [1.54, 1.807) is 19.3 Å². The summed E-state index contributed by atoms with van der Waals surface area (Å²) in [6.45, 7) is 4.61. The van der Waals surface area contributed by atoms with Crippen molar-refractivity contribution in [2.45, 2.75) is 127 Å². The lowest BCUT2D eigenvalue weighted by molar-refractivity contribution is -0.282. The number of furan rings is 1. The standard InChI is InChI=1S/C34H47NO9/c1-20-30(38)27(36)15-29(43-20)44-22-5-10-32(19-35-17-23-4-3-13-41-23)25-6-9-31(2)24(21-14-28(37)42-18-21)8-12-34(31,40)26(25)7-11-33(32,39)16-22/h3-4,13-14,19-20,22,24-27,29-30,36,38-40H,5-12,15-18H2,1-2H3/t20-,22+,24-,25-,26+,27+,29+,30-,31+,32-,33-,34-/m0/s1. The maximum Gasteiger partial charge on any atom is 0.331 e. The Kier molecular flexibility index (Phi) is 7.66. The summed E-state index contributed by atoms with van der Waals surface area (Å²) in [5.74, 6) is 0.569. The van der Waals surface area contributed by atoms with Gasteiger partial charge in [0, 0.05) is 36.0 Å². The normalized spacial score (nSPS) is 48.9. The van der Waals surface area contributed by atoms with E-state index in [2.05, 4.69) is 6.92 Å². The Morgan fingerprint density at radius 2 is 1.91 bits per heavy atom. The summed E-state index contributed by atoms with van der Waals surface area (Å²) >= 11 is 0. The predicted molar refractivity (Wildman–Crippen MR) is 158 cm³/mol. The number of hydrogen-bond acceptors (Lipinski definition) is 10. The van der Waals surface area contributed by atoms with Gasteiger partial charge in [0.25, 0.3) is 0 Å². The maximum atomic E-state index is 12.7. The number of carbonyl (C=O) groups excluding carboxylic acids is 1. The smallest absolute Gasteiger partial charge is 0.331 e. The van der Waals surface area contributed by atoms with Crippen molar-refractivity contribution in [3.05, 3.63) is 35.8 Å². The van der Waals surface area contributed by atoms with Gasteiger partial charge in [-0.3, -0.25) is 4.99 Å². The highest BCUT2D eigenvalue weighted by atomic mass is 16.7. The van der Waals surface area contributed by atoms with Gasteiger partial charge in [-0.2, -0.15) is 0 Å². The van der Waals surface area contributed by atoms with Gasteiger partial charge >= 0.3 is 5.97 Å². The molecule has 0 spiro atoms. The summed E-state index contributed by atoms with van der Waals surface area (Å²) in [6.07, 6.45) is 8.14. The summed E-state index contributed by atoms with van der Waals surface area (Å²) in [4.78, 5) is 16.8. The Morgan fingerprint density at radius 3 is 2.64 bits per heavy atom. The SMILES string of the molecule is C[C@@H]1O[C@H](O[C@@H]2CC[C@]3(C=NCc4ccco4)[C@H]4CC[C@]5(C)[C@H](C6=CC(=O)OC6)CC[C@]5(O)[C@@H]4CC[C@]3(O)C2)C[C@@H](O)[C@H]1O. The van der Waals surface area contributed by atoms with Crippen molar-refractivity contribution >= 4 is 12.2 Å². The molecule has 1 saturated heterocycles. The molecule has 2 aliphatic heterocycles. The summed E-state index contributed by atoms with van der Waals surface area (Å²) in [6, 6.07) is 3.74. The Bertz CT molecular complexity index is 1290. The molecule has 3 heterocycles. The molecule has 10 nitrogen and oxygen atoms in total. The van der Waals surface area contributed by atoms with Crippen molar-refractivity contribution in [1.82, 2.24) is 0 Å². The fourth-order valence-corrected chi connectivity index (χ4v) is 10.5. The second-order valence-electron chi connectivity index (χ2n) is 14.7. The molecular weight excluding hydrogens is 566 g/mol. The quantitative estimate of drug-likeness (QED) is 0.215. The van der Waals surface area contributed by atoms with E-state index in [0.29, 0.717) is 51.7 Å². The minimum atomic E-state index is -1.10. The molecule has 12 atom stereocenters. The number of aliphatic hydroxyl groups is 4. The lowest BCUT2D eigenvalue weighted by Gasteiger charge is -2.66. The van der Waals surface area contributed by atoms with Crippen LogP contribution in [0.15, 0.2) is 39.5 Å². The van der Waals surface area contributed by atoms with Gasteiger partial charge in [-0.05, 0) is 93.7 Å². The van der Waals surface area contributed by atoms with E-state index in [-0.39, 0.29) is 41.7 Å². The molecule has 242 valence electrons. The first-order chi connectivity index (χ1) is 21.0. The van der Waals surface area contributed by atoms with E-state index < -0.39 is 41.2 Å². The zero-order chi connectivity index (χ0) is 30.9. The first kappa shape index (κ1) is 30.6. The van der Waals surface area contributed by atoms with Crippen LogP contribution in [0.3, 0.4) is 0 Å². The van der Waals surface area contributed by atoms with Crippen molar-refractivity contribution in [1.29, 1.82) is 0 Å². The third-order valence-corrected chi connectivity index (χ3v) is 12.8. The molecule has 10 heteroatoms. The van der Waals surface area contributed by atoms with Crippen LogP contribution >= 0.6 is 0 Å². The Labute approximate surface area is 258 Å². The van der Waals surface area contributed by atoms with Crippen LogP contribution in [0.5, 0.6) is 0 Å². The fraction of sp³-hybridized carbons (Fsp3) is 0.765. The number of hydrogen-bond donors (Lipinski definition) is 4. The van der Waals surface area contributed by atoms with Gasteiger partial charge in [-0.1, -0.05) is 6.92 Å². The van der Waals surface area contributed by atoms with Crippen molar-refractivity contribution in [3.63, 3.8) is 0 Å². The highest BCUT2D eigenvalue weighted by Crippen LogP contribution is 2.70. The number of aliphatic hydroxyl groups excluding tert-OH is 2. The number of fused-ring (bicyclic) bond motifs is 5. The van der Waals surface area contributed by atoms with Gasteiger partial charge in [0.2, 0.25) is 0 Å². The monoisotopic (exact) mass is 613 g/mol. The topological polar surface area (TPSA) is 151 Å². The number of rotatable bonds is 6.